The number of carbonyl (C=O) groups excluding carboxylic acids is 1. The molecule has 126 valence electrons. The van der Waals surface area contributed by atoms with E-state index in [1.165, 1.54) is 24.3 Å². The van der Waals surface area contributed by atoms with Crippen molar-refractivity contribution < 1.29 is 9.18 Å². The molecule has 25 heavy (non-hydrogen) atoms. The lowest BCUT2D eigenvalue weighted by molar-refractivity contribution is 0.102. The highest BCUT2D eigenvalue weighted by Gasteiger charge is 2.10. The fourth-order valence-corrected chi connectivity index (χ4v) is 2.31. The summed E-state index contributed by atoms with van der Waals surface area (Å²) in [4.78, 5) is 12.1. The molecule has 0 saturated heterocycles. The summed E-state index contributed by atoms with van der Waals surface area (Å²) in [6.45, 7) is 2.02. The number of carbonyl (C=O) groups is 1. The SMILES string of the molecule is CC(Nc1ccc(C(=O)Nc2ccc(F)cc2)nn1)c1ccccc1. The lowest BCUT2D eigenvalue weighted by Gasteiger charge is -2.14. The van der Waals surface area contributed by atoms with Crippen molar-refractivity contribution in [2.24, 2.45) is 0 Å². The maximum absolute atomic E-state index is 12.9. The molecule has 5 nitrogen and oxygen atoms in total. The van der Waals surface area contributed by atoms with Gasteiger partial charge in [-0.05, 0) is 48.9 Å². The number of benzene rings is 2. The van der Waals surface area contributed by atoms with E-state index in [0.29, 0.717) is 11.5 Å². The quantitative estimate of drug-likeness (QED) is 0.738. The second kappa shape index (κ2) is 7.53. The van der Waals surface area contributed by atoms with Gasteiger partial charge >= 0.3 is 0 Å². The molecule has 0 aliphatic carbocycles. The molecule has 1 heterocycles. The molecule has 0 radical (unpaired) electrons. The highest BCUT2D eigenvalue weighted by molar-refractivity contribution is 6.02. The lowest BCUT2D eigenvalue weighted by atomic mass is 10.1. The van der Waals surface area contributed by atoms with E-state index >= 15 is 0 Å². The molecular formula is C19H17FN4O. The van der Waals surface area contributed by atoms with Crippen molar-refractivity contribution in [1.82, 2.24) is 10.2 Å². The number of hydrogen-bond donors (Lipinski definition) is 2. The molecule has 1 unspecified atom stereocenters. The number of hydrogen-bond acceptors (Lipinski definition) is 4. The Bertz CT molecular complexity index is 836. The summed E-state index contributed by atoms with van der Waals surface area (Å²) in [5.41, 5.74) is 1.80. The normalized spacial score (nSPS) is 11.6. The van der Waals surface area contributed by atoms with E-state index in [1.807, 2.05) is 37.3 Å². The van der Waals surface area contributed by atoms with E-state index in [4.69, 9.17) is 0 Å². The van der Waals surface area contributed by atoms with Gasteiger partial charge in [0.2, 0.25) is 0 Å². The van der Waals surface area contributed by atoms with Crippen LogP contribution in [0.25, 0.3) is 0 Å². The molecule has 0 bridgehead atoms. The summed E-state index contributed by atoms with van der Waals surface area (Å²) in [6, 6.07) is 18.8. The van der Waals surface area contributed by atoms with Gasteiger partial charge in [-0.15, -0.1) is 10.2 Å². The summed E-state index contributed by atoms with van der Waals surface area (Å²) >= 11 is 0. The standard InChI is InChI=1S/C19H17FN4O/c1-13(14-5-3-2-4-6-14)21-18-12-11-17(23-24-18)19(25)22-16-9-7-15(20)8-10-16/h2-13H,1H3,(H,21,24)(H,22,25). The summed E-state index contributed by atoms with van der Waals surface area (Å²) in [7, 11) is 0. The van der Waals surface area contributed by atoms with Crippen LogP contribution >= 0.6 is 0 Å². The fourth-order valence-electron chi connectivity index (χ4n) is 2.31. The van der Waals surface area contributed by atoms with Gasteiger partial charge in [-0.1, -0.05) is 30.3 Å². The first kappa shape index (κ1) is 16.6. The number of anilines is 2. The van der Waals surface area contributed by atoms with Crippen molar-refractivity contribution in [3.05, 3.63) is 83.8 Å². The van der Waals surface area contributed by atoms with Crippen molar-refractivity contribution in [2.45, 2.75) is 13.0 Å². The zero-order valence-electron chi connectivity index (χ0n) is 13.6. The number of nitrogens with one attached hydrogen (secondary N) is 2. The Kier molecular flexibility index (Phi) is 4.99. The average Bonchev–Trinajstić information content (AvgIpc) is 2.65. The maximum atomic E-state index is 12.9. The van der Waals surface area contributed by atoms with E-state index < -0.39 is 5.91 Å². The molecule has 1 atom stereocenters. The Hall–Kier alpha value is -3.28. The van der Waals surface area contributed by atoms with Crippen molar-refractivity contribution in [3.8, 4) is 0 Å². The number of halogens is 1. The van der Waals surface area contributed by atoms with Gasteiger partial charge in [0.25, 0.3) is 5.91 Å². The first-order chi connectivity index (χ1) is 12.1. The molecular weight excluding hydrogens is 319 g/mol. The summed E-state index contributed by atoms with van der Waals surface area (Å²) in [6.07, 6.45) is 0. The first-order valence-electron chi connectivity index (χ1n) is 7.84. The zero-order chi connectivity index (χ0) is 17.6. The number of rotatable bonds is 5. The Morgan fingerprint density at radius 1 is 0.960 bits per heavy atom. The van der Waals surface area contributed by atoms with Crippen LogP contribution in [0.15, 0.2) is 66.7 Å². The predicted molar refractivity (Wildman–Crippen MR) is 94.9 cm³/mol. The molecule has 0 aliphatic heterocycles. The van der Waals surface area contributed by atoms with Crippen LogP contribution < -0.4 is 10.6 Å². The van der Waals surface area contributed by atoms with Crippen LogP contribution in [0, 0.1) is 5.82 Å². The molecule has 2 aromatic carbocycles. The highest BCUT2D eigenvalue weighted by Crippen LogP contribution is 2.17. The largest absolute Gasteiger partial charge is 0.362 e. The minimum Gasteiger partial charge on any atom is -0.362 e. The zero-order valence-corrected chi connectivity index (χ0v) is 13.6. The molecule has 1 aromatic heterocycles. The van der Waals surface area contributed by atoms with Gasteiger partial charge in [-0.2, -0.15) is 0 Å². The van der Waals surface area contributed by atoms with Crippen LogP contribution in [0.3, 0.4) is 0 Å². The Morgan fingerprint density at radius 2 is 1.68 bits per heavy atom. The third-order valence-electron chi connectivity index (χ3n) is 3.66. The Labute approximate surface area is 144 Å². The fraction of sp³-hybridized carbons (Fsp3) is 0.105. The van der Waals surface area contributed by atoms with Crippen LogP contribution in [0.2, 0.25) is 0 Å². The molecule has 2 N–H and O–H groups in total. The second-order valence-electron chi connectivity index (χ2n) is 5.54. The summed E-state index contributed by atoms with van der Waals surface area (Å²) in [5, 5.41) is 13.9. The minimum absolute atomic E-state index is 0.0643. The van der Waals surface area contributed by atoms with Crippen molar-refractivity contribution in [2.75, 3.05) is 10.6 Å². The summed E-state index contributed by atoms with van der Waals surface area (Å²) < 4.78 is 12.9. The van der Waals surface area contributed by atoms with Crippen LogP contribution in [0.1, 0.15) is 29.0 Å². The number of amides is 1. The predicted octanol–water partition coefficient (Wildman–Crippen LogP) is 4.04. The van der Waals surface area contributed by atoms with Crippen LogP contribution in [0.5, 0.6) is 0 Å². The summed E-state index contributed by atoms with van der Waals surface area (Å²) in [5.74, 6) is -0.183. The molecule has 3 aromatic rings. The Morgan fingerprint density at radius 3 is 2.32 bits per heavy atom. The van der Waals surface area contributed by atoms with Crippen LogP contribution in [-0.2, 0) is 0 Å². The molecule has 6 heteroatoms. The Balaban J connectivity index is 1.63. The smallest absolute Gasteiger partial charge is 0.276 e. The van der Waals surface area contributed by atoms with Gasteiger partial charge < -0.3 is 10.6 Å². The molecule has 0 saturated carbocycles. The topological polar surface area (TPSA) is 66.9 Å². The van der Waals surface area contributed by atoms with Gasteiger partial charge in [0, 0.05) is 11.7 Å². The van der Waals surface area contributed by atoms with Crippen molar-refractivity contribution in [1.29, 1.82) is 0 Å². The lowest BCUT2D eigenvalue weighted by Crippen LogP contribution is -2.15. The van der Waals surface area contributed by atoms with Gasteiger partial charge in [0.05, 0.1) is 0 Å². The molecule has 0 aliphatic rings. The second-order valence-corrected chi connectivity index (χ2v) is 5.54. The van der Waals surface area contributed by atoms with Gasteiger partial charge in [0.1, 0.15) is 11.6 Å². The first-order valence-corrected chi connectivity index (χ1v) is 7.84. The van der Waals surface area contributed by atoms with Crippen molar-refractivity contribution >= 4 is 17.4 Å². The number of aromatic nitrogens is 2. The molecule has 3 rings (SSSR count). The van der Waals surface area contributed by atoms with E-state index in [-0.39, 0.29) is 17.6 Å². The monoisotopic (exact) mass is 336 g/mol. The van der Waals surface area contributed by atoms with E-state index in [0.717, 1.165) is 5.56 Å². The van der Waals surface area contributed by atoms with E-state index in [2.05, 4.69) is 20.8 Å². The van der Waals surface area contributed by atoms with Gasteiger partial charge in [-0.25, -0.2) is 4.39 Å². The van der Waals surface area contributed by atoms with Crippen molar-refractivity contribution in [3.63, 3.8) is 0 Å². The van der Waals surface area contributed by atoms with Crippen LogP contribution in [0.4, 0.5) is 15.9 Å². The van der Waals surface area contributed by atoms with Crippen LogP contribution in [-0.4, -0.2) is 16.1 Å². The van der Waals surface area contributed by atoms with E-state index in [9.17, 15) is 9.18 Å². The minimum atomic E-state index is -0.401. The molecule has 1 amide bonds. The van der Waals surface area contributed by atoms with E-state index in [1.54, 1.807) is 12.1 Å². The maximum Gasteiger partial charge on any atom is 0.276 e. The number of nitrogens with zero attached hydrogens (tertiary/aromatic N) is 2. The average molecular weight is 336 g/mol. The van der Waals surface area contributed by atoms with Gasteiger partial charge in [0.15, 0.2) is 5.69 Å². The van der Waals surface area contributed by atoms with Gasteiger partial charge in [-0.3, -0.25) is 4.79 Å². The molecule has 0 spiro atoms. The third-order valence-corrected chi connectivity index (χ3v) is 3.66. The highest BCUT2D eigenvalue weighted by atomic mass is 19.1. The molecule has 0 fully saturated rings. The third kappa shape index (κ3) is 4.38.